The summed E-state index contributed by atoms with van der Waals surface area (Å²) < 4.78 is 1.59. The zero-order valence-corrected chi connectivity index (χ0v) is 9.26. The minimum atomic E-state index is 0.245. The molecule has 0 radical (unpaired) electrons. The van der Waals surface area contributed by atoms with Crippen LogP contribution in [-0.4, -0.2) is 19.7 Å². The first kappa shape index (κ1) is 10.7. The lowest BCUT2D eigenvalue weighted by Crippen LogP contribution is -1.97. The molecule has 0 saturated heterocycles. The number of hydrogen-bond donors (Lipinski definition) is 0. The molecule has 7 nitrogen and oxygen atoms in total. The minimum Gasteiger partial charge on any atom is -0.260 e. The van der Waals surface area contributed by atoms with E-state index in [1.807, 2.05) is 6.92 Å². The van der Waals surface area contributed by atoms with E-state index in [0.29, 0.717) is 23.4 Å². The first-order chi connectivity index (χ1) is 7.77. The van der Waals surface area contributed by atoms with Gasteiger partial charge in [0.25, 0.3) is 0 Å². The van der Waals surface area contributed by atoms with Gasteiger partial charge in [-0.05, 0) is 17.1 Å². The largest absolute Gasteiger partial charge is 0.260 e. The molecule has 16 heavy (non-hydrogen) atoms. The monoisotopic (exact) mass is 237 g/mol. The molecule has 0 spiro atoms. The number of nitrogens with zero attached hydrogens (tertiary/aromatic N) is 7. The number of aryl methyl sites for hydroxylation is 1. The Morgan fingerprint density at radius 1 is 1.56 bits per heavy atom. The highest BCUT2D eigenvalue weighted by molar-refractivity contribution is 6.34. The van der Waals surface area contributed by atoms with Crippen LogP contribution in [0.2, 0.25) is 5.15 Å². The van der Waals surface area contributed by atoms with Gasteiger partial charge in [-0.2, -0.15) is 5.10 Å². The van der Waals surface area contributed by atoms with Gasteiger partial charge in [-0.25, -0.2) is 9.97 Å². The summed E-state index contributed by atoms with van der Waals surface area (Å²) in [5.41, 5.74) is 8.96. The maximum atomic E-state index is 8.51. The van der Waals surface area contributed by atoms with E-state index in [1.54, 1.807) is 4.68 Å². The van der Waals surface area contributed by atoms with Gasteiger partial charge in [-0.1, -0.05) is 18.5 Å². The van der Waals surface area contributed by atoms with Gasteiger partial charge in [0.15, 0.2) is 5.65 Å². The molecular formula is C8H8ClN7. The van der Waals surface area contributed by atoms with Crippen molar-refractivity contribution in [3.05, 3.63) is 21.9 Å². The third-order valence-corrected chi connectivity index (χ3v) is 2.33. The average molecular weight is 238 g/mol. The topological polar surface area (TPSA) is 92.4 Å². The van der Waals surface area contributed by atoms with Crippen molar-refractivity contribution >= 4 is 28.5 Å². The molecule has 0 bridgehead atoms. The fourth-order valence-corrected chi connectivity index (χ4v) is 1.64. The lowest BCUT2D eigenvalue weighted by Gasteiger charge is -1.99. The van der Waals surface area contributed by atoms with E-state index in [0.717, 1.165) is 6.42 Å². The summed E-state index contributed by atoms with van der Waals surface area (Å²) in [4.78, 5) is 10.6. The quantitative estimate of drug-likeness (QED) is 0.356. The molecule has 0 aromatic carbocycles. The van der Waals surface area contributed by atoms with Crippen molar-refractivity contribution in [2.45, 2.75) is 19.9 Å². The van der Waals surface area contributed by atoms with Crippen LogP contribution in [0.4, 0.5) is 5.82 Å². The van der Waals surface area contributed by atoms with Crippen molar-refractivity contribution in [3.63, 3.8) is 0 Å². The fraction of sp³-hybridized carbons (Fsp3) is 0.375. The molecule has 8 heteroatoms. The van der Waals surface area contributed by atoms with E-state index in [2.05, 4.69) is 25.1 Å². The van der Waals surface area contributed by atoms with Crippen LogP contribution in [0.15, 0.2) is 11.4 Å². The van der Waals surface area contributed by atoms with Crippen molar-refractivity contribution in [2.24, 2.45) is 5.11 Å². The Morgan fingerprint density at radius 2 is 2.38 bits per heavy atom. The van der Waals surface area contributed by atoms with Gasteiger partial charge in [0, 0.05) is 11.5 Å². The van der Waals surface area contributed by atoms with Crippen LogP contribution in [0.25, 0.3) is 21.5 Å². The second kappa shape index (κ2) is 4.34. The van der Waals surface area contributed by atoms with Crippen molar-refractivity contribution in [1.29, 1.82) is 0 Å². The first-order valence-electron chi connectivity index (χ1n) is 4.70. The van der Waals surface area contributed by atoms with Gasteiger partial charge in [-0.15, -0.1) is 0 Å². The molecular weight excluding hydrogens is 230 g/mol. The van der Waals surface area contributed by atoms with Crippen LogP contribution in [0.3, 0.4) is 0 Å². The summed E-state index contributed by atoms with van der Waals surface area (Å²) in [5, 5.41) is 8.53. The normalized spacial score (nSPS) is 10.4. The Bertz CT molecular complexity index is 569. The summed E-state index contributed by atoms with van der Waals surface area (Å²) in [6.45, 7) is 2.64. The molecule has 0 N–H and O–H groups in total. The van der Waals surface area contributed by atoms with Crippen molar-refractivity contribution in [3.8, 4) is 0 Å². The van der Waals surface area contributed by atoms with Crippen LogP contribution in [0.1, 0.15) is 13.3 Å². The predicted octanol–water partition coefficient (Wildman–Crippen LogP) is 2.83. The average Bonchev–Trinajstić information content (AvgIpc) is 2.59. The number of halogens is 1. The Balaban J connectivity index is 2.77. The fourth-order valence-electron chi connectivity index (χ4n) is 1.43. The summed E-state index contributed by atoms with van der Waals surface area (Å²) in [6, 6.07) is 0. The first-order valence-corrected chi connectivity index (χ1v) is 5.07. The second-order valence-corrected chi connectivity index (χ2v) is 3.46. The van der Waals surface area contributed by atoms with E-state index < -0.39 is 0 Å². The van der Waals surface area contributed by atoms with Crippen molar-refractivity contribution < 1.29 is 0 Å². The predicted molar refractivity (Wildman–Crippen MR) is 59.4 cm³/mol. The van der Waals surface area contributed by atoms with Gasteiger partial charge >= 0.3 is 0 Å². The van der Waals surface area contributed by atoms with E-state index in [9.17, 15) is 0 Å². The molecule has 2 aromatic rings. The molecule has 0 unspecified atom stereocenters. The SMILES string of the molecule is CCCn1nc2ncnc(Cl)c2c1N=[N+]=[N-]. The number of rotatable bonds is 3. The van der Waals surface area contributed by atoms with Gasteiger partial charge in [0.05, 0.1) is 5.39 Å². The van der Waals surface area contributed by atoms with Gasteiger partial charge in [0.1, 0.15) is 17.3 Å². The van der Waals surface area contributed by atoms with E-state index >= 15 is 0 Å². The summed E-state index contributed by atoms with van der Waals surface area (Å²) >= 11 is 5.92. The summed E-state index contributed by atoms with van der Waals surface area (Å²) in [6.07, 6.45) is 2.20. The lowest BCUT2D eigenvalue weighted by molar-refractivity contribution is 0.611. The van der Waals surface area contributed by atoms with Crippen LogP contribution in [0.5, 0.6) is 0 Å². The minimum absolute atomic E-state index is 0.245. The van der Waals surface area contributed by atoms with Crippen LogP contribution in [0, 0.1) is 0 Å². The maximum absolute atomic E-state index is 8.51. The van der Waals surface area contributed by atoms with Gasteiger partial charge in [0.2, 0.25) is 0 Å². The van der Waals surface area contributed by atoms with Gasteiger partial charge < -0.3 is 0 Å². The van der Waals surface area contributed by atoms with E-state index in [1.165, 1.54) is 6.33 Å². The summed E-state index contributed by atoms with van der Waals surface area (Å²) in [7, 11) is 0. The molecule has 0 aliphatic heterocycles. The highest BCUT2D eigenvalue weighted by atomic mass is 35.5. The smallest absolute Gasteiger partial charge is 0.186 e. The highest BCUT2D eigenvalue weighted by Crippen LogP contribution is 2.29. The zero-order valence-electron chi connectivity index (χ0n) is 8.50. The molecule has 2 rings (SSSR count). The van der Waals surface area contributed by atoms with Crippen molar-refractivity contribution in [1.82, 2.24) is 19.7 Å². The summed E-state index contributed by atoms with van der Waals surface area (Å²) in [5.74, 6) is 0.366. The highest BCUT2D eigenvalue weighted by Gasteiger charge is 2.14. The van der Waals surface area contributed by atoms with E-state index in [-0.39, 0.29) is 5.15 Å². The molecule has 0 amide bonds. The number of fused-ring (bicyclic) bond motifs is 1. The Kier molecular flexibility index (Phi) is 2.89. The Hall–Kier alpha value is -1.85. The zero-order chi connectivity index (χ0) is 11.5. The second-order valence-electron chi connectivity index (χ2n) is 3.10. The molecule has 0 atom stereocenters. The van der Waals surface area contributed by atoms with E-state index in [4.69, 9.17) is 17.1 Å². The molecule has 2 aromatic heterocycles. The standard InChI is InChI=1S/C8H8ClN7/c1-2-3-16-8(13-15-10)5-6(9)11-4-12-7(5)14-16/h4H,2-3H2,1H3. The molecule has 0 fully saturated rings. The molecule has 82 valence electrons. The lowest BCUT2D eigenvalue weighted by atomic mass is 10.4. The molecule has 2 heterocycles. The molecule has 0 aliphatic carbocycles. The number of aromatic nitrogens is 4. The van der Waals surface area contributed by atoms with Crippen molar-refractivity contribution in [2.75, 3.05) is 0 Å². The molecule has 0 aliphatic rings. The molecule has 0 saturated carbocycles. The maximum Gasteiger partial charge on any atom is 0.186 e. The van der Waals surface area contributed by atoms with Crippen LogP contribution in [-0.2, 0) is 6.54 Å². The number of azide groups is 1. The van der Waals surface area contributed by atoms with Gasteiger partial charge in [-0.3, -0.25) is 4.68 Å². The third kappa shape index (κ3) is 1.66. The van der Waals surface area contributed by atoms with Crippen LogP contribution < -0.4 is 0 Å². The Labute approximate surface area is 95.7 Å². The number of hydrogen-bond acceptors (Lipinski definition) is 4. The Morgan fingerprint density at radius 3 is 3.06 bits per heavy atom. The third-order valence-electron chi connectivity index (χ3n) is 2.04. The van der Waals surface area contributed by atoms with Crippen LogP contribution >= 0.6 is 11.6 Å².